The van der Waals surface area contributed by atoms with Crippen LogP contribution in [0.2, 0.25) is 0 Å². The third kappa shape index (κ3) is 6.46. The zero-order chi connectivity index (χ0) is 12.0. The number of nitrogens with one attached hydrogen (secondary N) is 1. The van der Waals surface area contributed by atoms with Crippen molar-refractivity contribution < 1.29 is 4.74 Å². The molecule has 1 N–H and O–H groups in total. The number of piperidine rings is 1. The van der Waals surface area contributed by atoms with Crippen molar-refractivity contribution in [3.8, 4) is 0 Å². The summed E-state index contributed by atoms with van der Waals surface area (Å²) in [6, 6.07) is 0. The van der Waals surface area contributed by atoms with Crippen LogP contribution in [0.25, 0.3) is 0 Å². The molecule has 0 amide bonds. The first-order valence-corrected chi connectivity index (χ1v) is 6.50. The monoisotopic (exact) mass is 228 g/mol. The number of hydrogen-bond donors (Lipinski definition) is 1. The fraction of sp³-hybridized carbons (Fsp3) is 1.00. The molecule has 1 heterocycles. The number of rotatable bonds is 5. The Hall–Kier alpha value is -0.120. The molecule has 1 fully saturated rings. The van der Waals surface area contributed by atoms with E-state index in [1.807, 2.05) is 0 Å². The van der Waals surface area contributed by atoms with Crippen LogP contribution in [0.3, 0.4) is 0 Å². The molecule has 1 aliphatic heterocycles. The van der Waals surface area contributed by atoms with E-state index in [-0.39, 0.29) is 5.60 Å². The molecule has 3 heteroatoms. The van der Waals surface area contributed by atoms with Gasteiger partial charge in [-0.05, 0) is 59.7 Å². The molecule has 0 saturated carbocycles. The van der Waals surface area contributed by atoms with Crippen molar-refractivity contribution in [2.24, 2.45) is 5.92 Å². The highest BCUT2D eigenvalue weighted by molar-refractivity contribution is 4.71. The van der Waals surface area contributed by atoms with Crippen LogP contribution in [-0.4, -0.2) is 50.3 Å². The molecule has 0 bridgehead atoms. The van der Waals surface area contributed by atoms with Gasteiger partial charge >= 0.3 is 0 Å². The van der Waals surface area contributed by atoms with Gasteiger partial charge in [0.25, 0.3) is 0 Å². The highest BCUT2D eigenvalue weighted by Gasteiger charge is 2.15. The maximum Gasteiger partial charge on any atom is 0.0600 e. The van der Waals surface area contributed by atoms with Crippen molar-refractivity contribution in [3.63, 3.8) is 0 Å². The molecule has 0 aromatic heterocycles. The summed E-state index contributed by atoms with van der Waals surface area (Å²) in [7, 11) is 2.20. The Morgan fingerprint density at radius 3 is 2.44 bits per heavy atom. The van der Waals surface area contributed by atoms with Gasteiger partial charge in [0.2, 0.25) is 0 Å². The van der Waals surface area contributed by atoms with Crippen LogP contribution >= 0.6 is 0 Å². The van der Waals surface area contributed by atoms with Gasteiger partial charge in [0, 0.05) is 13.1 Å². The Kier molecular flexibility index (Phi) is 5.73. The molecule has 16 heavy (non-hydrogen) atoms. The van der Waals surface area contributed by atoms with E-state index in [9.17, 15) is 0 Å². The lowest BCUT2D eigenvalue weighted by atomic mass is 9.98. The first kappa shape index (κ1) is 13.9. The van der Waals surface area contributed by atoms with Gasteiger partial charge < -0.3 is 15.0 Å². The zero-order valence-electron chi connectivity index (χ0n) is 11.4. The quantitative estimate of drug-likeness (QED) is 0.775. The second-order valence-corrected chi connectivity index (χ2v) is 5.92. The third-order valence-corrected chi connectivity index (χ3v) is 3.04. The molecule has 1 rings (SSSR count). The molecule has 0 radical (unpaired) electrons. The maximum atomic E-state index is 5.74. The van der Waals surface area contributed by atoms with E-state index in [0.29, 0.717) is 0 Å². The Labute approximate surface area is 101 Å². The van der Waals surface area contributed by atoms with Crippen LogP contribution in [-0.2, 0) is 4.74 Å². The second kappa shape index (κ2) is 6.58. The molecule has 1 saturated heterocycles. The molecule has 0 spiro atoms. The lowest BCUT2D eigenvalue weighted by Crippen LogP contribution is -2.36. The molecular weight excluding hydrogens is 200 g/mol. The summed E-state index contributed by atoms with van der Waals surface area (Å²) in [4.78, 5) is 2.40. The van der Waals surface area contributed by atoms with Gasteiger partial charge in [-0.1, -0.05) is 0 Å². The van der Waals surface area contributed by atoms with Crippen molar-refractivity contribution in [1.29, 1.82) is 0 Å². The number of hydrogen-bond acceptors (Lipinski definition) is 3. The molecular formula is C13H28N2O. The highest BCUT2D eigenvalue weighted by Crippen LogP contribution is 2.12. The highest BCUT2D eigenvalue weighted by atomic mass is 16.5. The number of nitrogens with zero attached hydrogens (tertiary/aromatic N) is 1. The topological polar surface area (TPSA) is 24.5 Å². The summed E-state index contributed by atoms with van der Waals surface area (Å²) in [5.41, 5.74) is -0.00437. The van der Waals surface area contributed by atoms with Crippen LogP contribution in [0.1, 0.15) is 33.6 Å². The lowest BCUT2D eigenvalue weighted by molar-refractivity contribution is -0.0121. The van der Waals surface area contributed by atoms with E-state index < -0.39 is 0 Å². The van der Waals surface area contributed by atoms with Crippen LogP contribution < -0.4 is 5.32 Å². The van der Waals surface area contributed by atoms with Crippen LogP contribution in [0.15, 0.2) is 0 Å². The fourth-order valence-electron chi connectivity index (χ4n) is 2.10. The SMILES string of the molecule is CN(CCOC(C)(C)C)CC1CCNCC1. The summed E-state index contributed by atoms with van der Waals surface area (Å²) in [5, 5.41) is 3.41. The van der Waals surface area contributed by atoms with Crippen molar-refractivity contribution in [2.75, 3.05) is 39.8 Å². The number of ether oxygens (including phenoxy) is 1. The summed E-state index contributed by atoms with van der Waals surface area (Å²) < 4.78 is 5.74. The Morgan fingerprint density at radius 2 is 1.88 bits per heavy atom. The molecule has 0 aromatic rings. The third-order valence-electron chi connectivity index (χ3n) is 3.04. The fourth-order valence-corrected chi connectivity index (χ4v) is 2.10. The van der Waals surface area contributed by atoms with E-state index in [4.69, 9.17) is 4.74 Å². The maximum absolute atomic E-state index is 5.74. The average molecular weight is 228 g/mol. The smallest absolute Gasteiger partial charge is 0.0600 e. The van der Waals surface area contributed by atoms with Crippen LogP contribution in [0.5, 0.6) is 0 Å². The van der Waals surface area contributed by atoms with Crippen molar-refractivity contribution >= 4 is 0 Å². The van der Waals surface area contributed by atoms with Crippen molar-refractivity contribution in [3.05, 3.63) is 0 Å². The molecule has 0 atom stereocenters. The predicted octanol–water partition coefficient (Wildman–Crippen LogP) is 1.73. The first-order chi connectivity index (χ1) is 7.47. The van der Waals surface area contributed by atoms with Gasteiger partial charge in [-0.3, -0.25) is 0 Å². The van der Waals surface area contributed by atoms with Gasteiger partial charge in [0.05, 0.1) is 12.2 Å². The van der Waals surface area contributed by atoms with Gasteiger partial charge in [-0.2, -0.15) is 0 Å². The van der Waals surface area contributed by atoms with Crippen molar-refractivity contribution in [1.82, 2.24) is 10.2 Å². The largest absolute Gasteiger partial charge is 0.375 e. The minimum Gasteiger partial charge on any atom is -0.375 e. The summed E-state index contributed by atoms with van der Waals surface area (Å²) in [6.45, 7) is 11.8. The standard InChI is InChI=1S/C13H28N2O/c1-13(2,3)16-10-9-15(4)11-12-5-7-14-8-6-12/h12,14H,5-11H2,1-4H3. The van der Waals surface area contributed by atoms with E-state index in [0.717, 1.165) is 19.1 Å². The normalized spacial score (nSPS) is 19.3. The molecule has 96 valence electrons. The molecule has 0 aromatic carbocycles. The molecule has 1 aliphatic rings. The molecule has 0 unspecified atom stereocenters. The van der Waals surface area contributed by atoms with Crippen LogP contribution in [0, 0.1) is 5.92 Å². The predicted molar refractivity (Wildman–Crippen MR) is 68.8 cm³/mol. The van der Waals surface area contributed by atoms with Gasteiger partial charge in [0.1, 0.15) is 0 Å². The zero-order valence-corrected chi connectivity index (χ0v) is 11.4. The van der Waals surface area contributed by atoms with Gasteiger partial charge in [-0.15, -0.1) is 0 Å². The lowest BCUT2D eigenvalue weighted by Gasteiger charge is -2.28. The van der Waals surface area contributed by atoms with Crippen LogP contribution in [0.4, 0.5) is 0 Å². The van der Waals surface area contributed by atoms with E-state index in [1.165, 1.54) is 32.5 Å². The summed E-state index contributed by atoms with van der Waals surface area (Å²) in [5.74, 6) is 0.876. The Balaban J connectivity index is 2.08. The summed E-state index contributed by atoms with van der Waals surface area (Å²) >= 11 is 0. The second-order valence-electron chi connectivity index (χ2n) is 5.92. The van der Waals surface area contributed by atoms with E-state index in [2.05, 4.69) is 38.0 Å². The first-order valence-electron chi connectivity index (χ1n) is 6.50. The Morgan fingerprint density at radius 1 is 1.25 bits per heavy atom. The molecule has 0 aliphatic carbocycles. The minimum atomic E-state index is -0.00437. The van der Waals surface area contributed by atoms with Gasteiger partial charge in [0.15, 0.2) is 0 Å². The molecule has 3 nitrogen and oxygen atoms in total. The average Bonchev–Trinajstić information content (AvgIpc) is 2.17. The number of likely N-dealkylation sites (N-methyl/N-ethyl adjacent to an activating group) is 1. The Bertz CT molecular complexity index is 183. The van der Waals surface area contributed by atoms with E-state index >= 15 is 0 Å². The minimum absolute atomic E-state index is 0.00437. The van der Waals surface area contributed by atoms with Crippen molar-refractivity contribution in [2.45, 2.75) is 39.2 Å². The summed E-state index contributed by atoms with van der Waals surface area (Å²) in [6.07, 6.45) is 2.65. The van der Waals surface area contributed by atoms with Gasteiger partial charge in [-0.25, -0.2) is 0 Å². The van der Waals surface area contributed by atoms with E-state index in [1.54, 1.807) is 0 Å².